The molecule has 27 heavy (non-hydrogen) atoms. The number of hydrogen-bond acceptors (Lipinski definition) is 4. The Balaban J connectivity index is 1.79. The van der Waals surface area contributed by atoms with E-state index in [-0.39, 0.29) is 30.9 Å². The number of likely N-dealkylation sites (tertiary alicyclic amines) is 1. The number of β-amino-alcohol motifs (C(OH)–C–C–N with tert-alkyl or cyclic N) is 1. The normalized spacial score (nSPS) is 24.8. The molecule has 0 bridgehead atoms. The van der Waals surface area contributed by atoms with Crippen molar-refractivity contribution in [2.75, 3.05) is 26.8 Å². The third-order valence-electron chi connectivity index (χ3n) is 5.38. The molecule has 1 N–H and O–H groups in total. The largest absolute Gasteiger partial charge is 0.389 e. The van der Waals surface area contributed by atoms with Crippen molar-refractivity contribution < 1.29 is 19.4 Å². The van der Waals surface area contributed by atoms with Crippen LogP contribution in [0.5, 0.6) is 0 Å². The van der Waals surface area contributed by atoms with Gasteiger partial charge >= 0.3 is 0 Å². The van der Waals surface area contributed by atoms with Crippen molar-refractivity contribution in [3.05, 3.63) is 48.0 Å². The highest BCUT2D eigenvalue weighted by Gasteiger charge is 2.41. The van der Waals surface area contributed by atoms with Gasteiger partial charge in [0.15, 0.2) is 0 Å². The minimum Gasteiger partial charge on any atom is -0.389 e. The van der Waals surface area contributed by atoms with Gasteiger partial charge < -0.3 is 19.6 Å². The van der Waals surface area contributed by atoms with E-state index in [1.807, 2.05) is 30.3 Å². The third kappa shape index (κ3) is 4.76. The van der Waals surface area contributed by atoms with E-state index in [1.165, 1.54) is 7.11 Å². The minimum atomic E-state index is -0.752. The quantitative estimate of drug-likeness (QED) is 0.770. The van der Waals surface area contributed by atoms with Gasteiger partial charge in [-0.3, -0.25) is 9.59 Å². The average Bonchev–Trinajstić information content (AvgIpc) is 3.09. The monoisotopic (exact) mass is 372 g/mol. The summed E-state index contributed by atoms with van der Waals surface area (Å²) in [6.07, 6.45) is 5.89. The first-order chi connectivity index (χ1) is 13.1. The van der Waals surface area contributed by atoms with Crippen molar-refractivity contribution in [2.45, 2.75) is 38.0 Å². The first-order valence-electron chi connectivity index (χ1n) is 9.54. The number of amides is 2. The molecule has 1 fully saturated rings. The van der Waals surface area contributed by atoms with E-state index in [1.54, 1.807) is 9.80 Å². The number of hydrogen-bond donors (Lipinski definition) is 1. The smallest absolute Gasteiger partial charge is 0.248 e. The lowest BCUT2D eigenvalue weighted by Crippen LogP contribution is -2.49. The highest BCUT2D eigenvalue weighted by Crippen LogP contribution is 2.26. The summed E-state index contributed by atoms with van der Waals surface area (Å²) in [6, 6.07) is 9.40. The lowest BCUT2D eigenvalue weighted by atomic mass is 9.92. The number of rotatable bonds is 6. The molecule has 6 nitrogen and oxygen atoms in total. The van der Waals surface area contributed by atoms with Crippen molar-refractivity contribution in [1.82, 2.24) is 9.80 Å². The summed E-state index contributed by atoms with van der Waals surface area (Å²) in [5.74, 6) is -0.158. The number of ether oxygens (including phenoxy) is 1. The fraction of sp³-hybridized carbons (Fsp3) is 0.524. The van der Waals surface area contributed by atoms with Gasteiger partial charge in [-0.2, -0.15) is 0 Å². The average molecular weight is 372 g/mol. The van der Waals surface area contributed by atoms with E-state index in [2.05, 4.69) is 12.2 Å². The Labute approximate surface area is 160 Å². The van der Waals surface area contributed by atoms with Crippen LogP contribution in [0, 0.1) is 5.92 Å². The number of carbonyl (C=O) groups excluding carboxylic acids is 2. The van der Waals surface area contributed by atoms with Gasteiger partial charge in [-0.05, 0) is 24.8 Å². The summed E-state index contributed by atoms with van der Waals surface area (Å²) in [5, 5.41) is 10.6. The summed E-state index contributed by atoms with van der Waals surface area (Å²) >= 11 is 0. The molecule has 1 aliphatic heterocycles. The molecule has 2 amide bonds. The Morgan fingerprint density at radius 1 is 1.22 bits per heavy atom. The maximum absolute atomic E-state index is 13.3. The number of allylic oxidation sites excluding steroid dienone is 2. The second kappa shape index (κ2) is 9.15. The molecular weight excluding hydrogens is 344 g/mol. The fourth-order valence-corrected chi connectivity index (χ4v) is 3.89. The maximum atomic E-state index is 13.3. The SMILES string of the molecule is COCC(=O)N1C[C@@H](O)[C@H](N(Cc2ccccc2)C(=O)C2CC=CCC2)C1. The highest BCUT2D eigenvalue weighted by atomic mass is 16.5. The number of nitrogens with zero attached hydrogens (tertiary/aromatic N) is 2. The Kier molecular flexibility index (Phi) is 6.63. The predicted molar refractivity (Wildman–Crippen MR) is 102 cm³/mol. The van der Waals surface area contributed by atoms with E-state index >= 15 is 0 Å². The van der Waals surface area contributed by atoms with Crippen LogP contribution in [0.2, 0.25) is 0 Å². The van der Waals surface area contributed by atoms with E-state index in [4.69, 9.17) is 4.74 Å². The molecule has 1 saturated heterocycles. The standard InChI is InChI=1S/C21H28N2O4/c1-27-15-20(25)22-13-18(19(24)14-22)23(12-16-8-4-2-5-9-16)21(26)17-10-6-3-7-11-17/h2-6,8-9,17-19,24H,7,10-15H2,1H3/t17?,18-,19-/m1/s1. The molecule has 1 unspecified atom stereocenters. The van der Waals surface area contributed by atoms with Crippen LogP contribution in [-0.2, 0) is 20.9 Å². The number of aliphatic hydroxyl groups excluding tert-OH is 1. The van der Waals surface area contributed by atoms with Crippen LogP contribution in [0.1, 0.15) is 24.8 Å². The van der Waals surface area contributed by atoms with Gasteiger partial charge in [-0.25, -0.2) is 0 Å². The summed E-state index contributed by atoms with van der Waals surface area (Å²) in [4.78, 5) is 28.8. The Morgan fingerprint density at radius 2 is 2.00 bits per heavy atom. The zero-order chi connectivity index (χ0) is 19.2. The van der Waals surface area contributed by atoms with Crippen LogP contribution in [0.4, 0.5) is 0 Å². The number of aliphatic hydroxyl groups is 1. The summed E-state index contributed by atoms with van der Waals surface area (Å²) in [5.41, 5.74) is 1.02. The summed E-state index contributed by atoms with van der Waals surface area (Å²) in [7, 11) is 1.48. The van der Waals surface area contributed by atoms with Gasteiger partial charge in [-0.1, -0.05) is 42.5 Å². The van der Waals surface area contributed by atoms with Crippen molar-refractivity contribution in [3.63, 3.8) is 0 Å². The molecule has 3 atom stereocenters. The lowest BCUT2D eigenvalue weighted by Gasteiger charge is -2.34. The fourth-order valence-electron chi connectivity index (χ4n) is 3.89. The predicted octanol–water partition coefficient (Wildman–Crippen LogP) is 1.59. The van der Waals surface area contributed by atoms with E-state index in [0.717, 1.165) is 24.8 Å². The Hall–Kier alpha value is -2.18. The third-order valence-corrected chi connectivity index (χ3v) is 5.38. The summed E-state index contributed by atoms with van der Waals surface area (Å²) < 4.78 is 4.92. The molecule has 2 aliphatic rings. The van der Waals surface area contributed by atoms with Crippen molar-refractivity contribution in [3.8, 4) is 0 Å². The van der Waals surface area contributed by atoms with Crippen LogP contribution < -0.4 is 0 Å². The molecule has 146 valence electrons. The van der Waals surface area contributed by atoms with Gasteiger partial charge in [0.05, 0.1) is 12.1 Å². The molecule has 6 heteroatoms. The topological polar surface area (TPSA) is 70.1 Å². The van der Waals surface area contributed by atoms with Gasteiger partial charge in [-0.15, -0.1) is 0 Å². The van der Waals surface area contributed by atoms with Gasteiger partial charge in [0.25, 0.3) is 0 Å². The Morgan fingerprint density at radius 3 is 2.67 bits per heavy atom. The van der Waals surface area contributed by atoms with Crippen LogP contribution in [0.3, 0.4) is 0 Å². The van der Waals surface area contributed by atoms with Crippen LogP contribution in [-0.4, -0.2) is 65.7 Å². The van der Waals surface area contributed by atoms with Gasteiger partial charge in [0.1, 0.15) is 6.61 Å². The second-order valence-electron chi connectivity index (χ2n) is 7.30. The number of methoxy groups -OCH3 is 1. The van der Waals surface area contributed by atoms with Gasteiger partial charge in [0.2, 0.25) is 11.8 Å². The van der Waals surface area contributed by atoms with E-state index < -0.39 is 12.1 Å². The van der Waals surface area contributed by atoms with Crippen molar-refractivity contribution in [2.24, 2.45) is 5.92 Å². The molecule has 1 aromatic carbocycles. The van der Waals surface area contributed by atoms with Crippen LogP contribution in [0.15, 0.2) is 42.5 Å². The number of benzene rings is 1. The van der Waals surface area contributed by atoms with Crippen LogP contribution >= 0.6 is 0 Å². The second-order valence-corrected chi connectivity index (χ2v) is 7.30. The molecular formula is C21H28N2O4. The van der Waals surface area contributed by atoms with Gasteiger partial charge in [0, 0.05) is 32.7 Å². The van der Waals surface area contributed by atoms with E-state index in [9.17, 15) is 14.7 Å². The number of carbonyl (C=O) groups is 2. The molecule has 0 spiro atoms. The molecule has 1 aromatic rings. The van der Waals surface area contributed by atoms with E-state index in [0.29, 0.717) is 13.1 Å². The molecule has 3 rings (SSSR count). The molecule has 1 heterocycles. The molecule has 0 aromatic heterocycles. The zero-order valence-corrected chi connectivity index (χ0v) is 15.8. The minimum absolute atomic E-state index is 0.0144. The van der Waals surface area contributed by atoms with Crippen molar-refractivity contribution >= 4 is 11.8 Å². The molecule has 0 saturated carbocycles. The van der Waals surface area contributed by atoms with Crippen LogP contribution in [0.25, 0.3) is 0 Å². The first-order valence-corrected chi connectivity index (χ1v) is 9.54. The zero-order valence-electron chi connectivity index (χ0n) is 15.8. The first kappa shape index (κ1) is 19.6. The molecule has 1 aliphatic carbocycles. The molecule has 0 radical (unpaired) electrons. The summed E-state index contributed by atoms with van der Waals surface area (Å²) in [6.45, 7) is 0.994. The highest BCUT2D eigenvalue weighted by molar-refractivity contribution is 5.81. The lowest BCUT2D eigenvalue weighted by molar-refractivity contribution is -0.141. The van der Waals surface area contributed by atoms with Crippen molar-refractivity contribution in [1.29, 1.82) is 0 Å². The maximum Gasteiger partial charge on any atom is 0.248 e. The Bertz CT molecular complexity index is 676.